The van der Waals surface area contributed by atoms with Crippen molar-refractivity contribution in [2.45, 2.75) is 0 Å². The van der Waals surface area contributed by atoms with Gasteiger partial charge in [-0.25, -0.2) is 4.79 Å². The van der Waals surface area contributed by atoms with E-state index in [2.05, 4.69) is 5.10 Å². The first kappa shape index (κ1) is 7.09. The molecule has 1 aliphatic rings. The van der Waals surface area contributed by atoms with E-state index >= 15 is 0 Å². The van der Waals surface area contributed by atoms with Gasteiger partial charge in [-0.1, -0.05) is 0 Å². The molecular weight excluding hydrogens is 156 g/mol. The molecule has 0 amide bonds. The van der Waals surface area contributed by atoms with E-state index in [0.29, 0.717) is 6.61 Å². The smallest absolute Gasteiger partial charge is 0.331 e. The van der Waals surface area contributed by atoms with Gasteiger partial charge in [-0.2, -0.15) is 5.10 Å². The van der Waals surface area contributed by atoms with Crippen LogP contribution in [0.3, 0.4) is 0 Å². The number of carbonyl (C=O) groups is 1. The van der Waals surface area contributed by atoms with Gasteiger partial charge in [0, 0.05) is 30.5 Å². The minimum atomic E-state index is -0.270. The molecule has 62 valence electrons. The summed E-state index contributed by atoms with van der Waals surface area (Å²) in [6, 6.07) is 0. The summed E-state index contributed by atoms with van der Waals surface area (Å²) in [6.07, 6.45) is 5.07. The molecule has 0 saturated carbocycles. The SMILES string of the molecule is Cn1cc(C2=CC(=O)OC2)cn1. The zero-order valence-corrected chi connectivity index (χ0v) is 6.65. The first-order valence-corrected chi connectivity index (χ1v) is 3.62. The highest BCUT2D eigenvalue weighted by molar-refractivity contribution is 5.95. The fourth-order valence-corrected chi connectivity index (χ4v) is 1.13. The van der Waals surface area contributed by atoms with E-state index in [1.807, 2.05) is 13.2 Å². The minimum absolute atomic E-state index is 0.270. The second-order valence-corrected chi connectivity index (χ2v) is 2.68. The molecule has 1 aliphatic heterocycles. The Hall–Kier alpha value is -1.58. The maximum Gasteiger partial charge on any atom is 0.331 e. The molecule has 12 heavy (non-hydrogen) atoms. The lowest BCUT2D eigenvalue weighted by Crippen LogP contribution is -1.91. The summed E-state index contributed by atoms with van der Waals surface area (Å²) in [5.74, 6) is -0.270. The summed E-state index contributed by atoms with van der Waals surface area (Å²) < 4.78 is 6.45. The summed E-state index contributed by atoms with van der Waals surface area (Å²) in [5.41, 5.74) is 1.84. The van der Waals surface area contributed by atoms with Gasteiger partial charge in [-0.15, -0.1) is 0 Å². The molecule has 4 heteroatoms. The summed E-state index contributed by atoms with van der Waals surface area (Å²) in [5, 5.41) is 4.00. The number of nitrogens with zero attached hydrogens (tertiary/aromatic N) is 2. The van der Waals surface area contributed by atoms with Gasteiger partial charge >= 0.3 is 5.97 Å². The van der Waals surface area contributed by atoms with Crippen LogP contribution in [-0.2, 0) is 16.6 Å². The summed E-state index contributed by atoms with van der Waals surface area (Å²) in [7, 11) is 1.84. The fraction of sp³-hybridized carbons (Fsp3) is 0.250. The van der Waals surface area contributed by atoms with E-state index in [0.717, 1.165) is 11.1 Å². The molecule has 1 aromatic heterocycles. The Labute approximate surface area is 69.4 Å². The highest BCUT2D eigenvalue weighted by Gasteiger charge is 2.15. The van der Waals surface area contributed by atoms with Crippen molar-refractivity contribution < 1.29 is 9.53 Å². The normalized spacial score (nSPS) is 16.1. The van der Waals surface area contributed by atoms with Gasteiger partial charge in [0.15, 0.2) is 0 Å². The second-order valence-electron chi connectivity index (χ2n) is 2.68. The fourth-order valence-electron chi connectivity index (χ4n) is 1.13. The molecule has 0 atom stereocenters. The van der Waals surface area contributed by atoms with Gasteiger partial charge in [0.25, 0.3) is 0 Å². The number of aryl methyl sites for hydroxylation is 1. The van der Waals surface area contributed by atoms with Crippen LogP contribution in [0, 0.1) is 0 Å². The Balaban J connectivity index is 2.32. The molecule has 2 heterocycles. The number of cyclic esters (lactones) is 1. The van der Waals surface area contributed by atoms with E-state index in [-0.39, 0.29) is 5.97 Å². The standard InChI is InChI=1S/C8H8N2O2/c1-10-4-7(3-9-10)6-2-8(11)12-5-6/h2-4H,5H2,1H3. The third kappa shape index (κ3) is 1.11. The molecule has 0 spiro atoms. The molecular formula is C8H8N2O2. The summed E-state index contributed by atoms with van der Waals surface area (Å²) in [6.45, 7) is 0.366. The third-order valence-corrected chi connectivity index (χ3v) is 1.74. The number of carbonyl (C=O) groups excluding carboxylic acids is 1. The first-order valence-electron chi connectivity index (χ1n) is 3.62. The van der Waals surface area contributed by atoms with Crippen molar-refractivity contribution in [2.75, 3.05) is 6.61 Å². The summed E-state index contributed by atoms with van der Waals surface area (Å²) >= 11 is 0. The Kier molecular flexibility index (Phi) is 1.46. The van der Waals surface area contributed by atoms with Gasteiger partial charge in [0.05, 0.1) is 6.20 Å². The van der Waals surface area contributed by atoms with Crippen LogP contribution in [0.15, 0.2) is 18.5 Å². The van der Waals surface area contributed by atoms with Crippen LogP contribution in [0.25, 0.3) is 5.57 Å². The minimum Gasteiger partial charge on any atom is -0.458 e. The quantitative estimate of drug-likeness (QED) is 0.563. The maximum atomic E-state index is 10.7. The Morgan fingerprint density at radius 1 is 1.67 bits per heavy atom. The number of rotatable bonds is 1. The van der Waals surface area contributed by atoms with Gasteiger partial charge in [-0.3, -0.25) is 4.68 Å². The second kappa shape index (κ2) is 2.48. The lowest BCUT2D eigenvalue weighted by atomic mass is 10.2. The highest BCUT2D eigenvalue weighted by Crippen LogP contribution is 2.18. The number of esters is 1. The van der Waals surface area contributed by atoms with Crippen molar-refractivity contribution >= 4 is 11.5 Å². The van der Waals surface area contributed by atoms with Crippen LogP contribution < -0.4 is 0 Å². The van der Waals surface area contributed by atoms with Crippen LogP contribution in [-0.4, -0.2) is 22.4 Å². The van der Waals surface area contributed by atoms with Crippen LogP contribution >= 0.6 is 0 Å². The van der Waals surface area contributed by atoms with Crippen molar-refractivity contribution in [1.82, 2.24) is 9.78 Å². The predicted molar refractivity (Wildman–Crippen MR) is 42.1 cm³/mol. The largest absolute Gasteiger partial charge is 0.458 e. The Morgan fingerprint density at radius 3 is 3.00 bits per heavy atom. The topological polar surface area (TPSA) is 44.1 Å². The molecule has 0 fully saturated rings. The Bertz CT molecular complexity index is 352. The maximum absolute atomic E-state index is 10.7. The van der Waals surface area contributed by atoms with Crippen LogP contribution in [0.2, 0.25) is 0 Å². The average Bonchev–Trinajstić information content (AvgIpc) is 2.58. The molecule has 0 unspecified atom stereocenters. The molecule has 0 N–H and O–H groups in total. The van der Waals surface area contributed by atoms with Crippen molar-refractivity contribution in [3.8, 4) is 0 Å². The number of hydrogen-bond acceptors (Lipinski definition) is 3. The van der Waals surface area contributed by atoms with Crippen molar-refractivity contribution in [3.63, 3.8) is 0 Å². The van der Waals surface area contributed by atoms with E-state index in [4.69, 9.17) is 4.74 Å². The van der Waals surface area contributed by atoms with Crippen LogP contribution in [0.1, 0.15) is 5.56 Å². The molecule has 0 aliphatic carbocycles. The number of ether oxygens (including phenoxy) is 1. The van der Waals surface area contributed by atoms with Crippen LogP contribution in [0.4, 0.5) is 0 Å². The molecule has 0 saturated heterocycles. The van der Waals surface area contributed by atoms with E-state index in [1.54, 1.807) is 10.9 Å². The lowest BCUT2D eigenvalue weighted by Gasteiger charge is -1.92. The van der Waals surface area contributed by atoms with Crippen molar-refractivity contribution in [2.24, 2.45) is 7.05 Å². The van der Waals surface area contributed by atoms with Gasteiger partial charge in [0.2, 0.25) is 0 Å². The molecule has 0 aromatic carbocycles. The van der Waals surface area contributed by atoms with Crippen molar-refractivity contribution in [1.29, 1.82) is 0 Å². The third-order valence-electron chi connectivity index (χ3n) is 1.74. The monoisotopic (exact) mass is 164 g/mol. The van der Waals surface area contributed by atoms with E-state index in [9.17, 15) is 4.79 Å². The average molecular weight is 164 g/mol. The molecule has 0 bridgehead atoms. The highest BCUT2D eigenvalue weighted by atomic mass is 16.5. The molecule has 0 radical (unpaired) electrons. The molecule has 4 nitrogen and oxygen atoms in total. The van der Waals surface area contributed by atoms with E-state index in [1.165, 1.54) is 6.08 Å². The van der Waals surface area contributed by atoms with Crippen LogP contribution in [0.5, 0.6) is 0 Å². The number of aromatic nitrogens is 2. The van der Waals surface area contributed by atoms with Gasteiger partial charge < -0.3 is 4.74 Å². The number of hydrogen-bond donors (Lipinski definition) is 0. The zero-order valence-electron chi connectivity index (χ0n) is 6.65. The predicted octanol–water partition coefficient (Wildman–Crippen LogP) is 0.360. The van der Waals surface area contributed by atoms with E-state index < -0.39 is 0 Å². The molecule has 1 aromatic rings. The Morgan fingerprint density at radius 2 is 2.50 bits per heavy atom. The first-order chi connectivity index (χ1) is 5.75. The summed E-state index contributed by atoms with van der Waals surface area (Å²) in [4.78, 5) is 10.7. The molecule has 2 rings (SSSR count). The van der Waals surface area contributed by atoms with Gasteiger partial charge in [-0.05, 0) is 0 Å². The van der Waals surface area contributed by atoms with Gasteiger partial charge in [0.1, 0.15) is 6.61 Å². The van der Waals surface area contributed by atoms with Crippen molar-refractivity contribution in [3.05, 3.63) is 24.0 Å². The lowest BCUT2D eigenvalue weighted by molar-refractivity contribution is -0.134. The zero-order chi connectivity index (χ0) is 8.55.